The predicted octanol–water partition coefficient (Wildman–Crippen LogP) is 2.12. The van der Waals surface area contributed by atoms with Gasteiger partial charge in [0, 0.05) is 6.42 Å². The van der Waals surface area contributed by atoms with Crippen LogP contribution in [0.15, 0.2) is 24.3 Å². The van der Waals surface area contributed by atoms with Gasteiger partial charge in [-0.05, 0) is 37.0 Å². The van der Waals surface area contributed by atoms with Crippen molar-refractivity contribution in [3.05, 3.63) is 29.8 Å². The van der Waals surface area contributed by atoms with Crippen LogP contribution in [0.4, 0.5) is 0 Å². The smallest absolute Gasteiger partial charge is 0.327 e. The van der Waals surface area contributed by atoms with Crippen LogP contribution < -0.4 is 5.90 Å². The Morgan fingerprint density at radius 1 is 1.25 bits per heavy atom. The molecule has 5 heteroatoms. The van der Waals surface area contributed by atoms with Crippen molar-refractivity contribution in [3.8, 4) is 5.75 Å². The second-order valence-electron chi connectivity index (χ2n) is 4.81. The van der Waals surface area contributed by atoms with E-state index in [9.17, 15) is 14.7 Å². The zero-order valence-corrected chi connectivity index (χ0v) is 11.5. The Hall–Kier alpha value is -1.88. The first-order valence-corrected chi connectivity index (χ1v) is 6.79. The van der Waals surface area contributed by atoms with Crippen LogP contribution in [0.1, 0.15) is 37.7 Å². The maximum absolute atomic E-state index is 11.7. The number of unbranched alkanes of at least 4 members (excludes halogenated alkanes) is 3. The minimum absolute atomic E-state index is 0.195. The molecule has 0 bridgehead atoms. The topological polar surface area (TPSA) is 89.6 Å². The highest BCUT2D eigenvalue weighted by Gasteiger charge is 2.19. The summed E-state index contributed by atoms with van der Waals surface area (Å²) in [5.74, 6) is 4.45. The van der Waals surface area contributed by atoms with Crippen molar-refractivity contribution >= 4 is 12.3 Å². The molecular weight excluding hydrogens is 258 g/mol. The molecule has 110 valence electrons. The van der Waals surface area contributed by atoms with Crippen LogP contribution in [0.2, 0.25) is 0 Å². The van der Waals surface area contributed by atoms with Gasteiger partial charge in [0.2, 0.25) is 0 Å². The summed E-state index contributed by atoms with van der Waals surface area (Å²) >= 11 is 0. The highest BCUT2D eigenvalue weighted by Crippen LogP contribution is 2.19. The lowest BCUT2D eigenvalue weighted by atomic mass is 9.93. The molecule has 0 amide bonds. The summed E-state index contributed by atoms with van der Waals surface area (Å²) < 4.78 is 0. The van der Waals surface area contributed by atoms with Gasteiger partial charge in [-0.25, -0.2) is 0 Å². The number of benzene rings is 1. The molecule has 0 saturated heterocycles. The monoisotopic (exact) mass is 279 g/mol. The Kier molecular flexibility index (Phi) is 7.35. The molecule has 0 saturated carbocycles. The third-order valence-corrected chi connectivity index (χ3v) is 3.24. The van der Waals surface area contributed by atoms with Gasteiger partial charge < -0.3 is 14.7 Å². The zero-order chi connectivity index (χ0) is 14.8. The number of phenols is 1. The third kappa shape index (κ3) is 5.84. The second-order valence-corrected chi connectivity index (χ2v) is 4.81. The number of hydrogen-bond donors (Lipinski definition) is 2. The SMILES string of the molecule is NOC(=O)C(CCCCCC=O)Cc1ccc(O)cc1. The fraction of sp³-hybridized carbons (Fsp3) is 0.467. The average molecular weight is 279 g/mol. The van der Waals surface area contributed by atoms with Gasteiger partial charge >= 0.3 is 5.97 Å². The molecule has 5 nitrogen and oxygen atoms in total. The molecule has 1 unspecified atom stereocenters. The number of nitrogens with two attached hydrogens (primary N) is 1. The van der Waals surface area contributed by atoms with Crippen LogP contribution >= 0.6 is 0 Å². The summed E-state index contributed by atoms with van der Waals surface area (Å²) in [6.45, 7) is 0. The molecule has 0 aliphatic heterocycles. The average Bonchev–Trinajstić information content (AvgIpc) is 2.47. The maximum Gasteiger partial charge on any atom is 0.327 e. The molecule has 0 aromatic heterocycles. The number of hydrogen-bond acceptors (Lipinski definition) is 5. The molecule has 20 heavy (non-hydrogen) atoms. The van der Waals surface area contributed by atoms with Gasteiger partial charge in [0.15, 0.2) is 0 Å². The minimum atomic E-state index is -0.423. The Bertz CT molecular complexity index is 416. The van der Waals surface area contributed by atoms with Crippen LogP contribution in [-0.2, 0) is 20.8 Å². The summed E-state index contributed by atoms with van der Waals surface area (Å²) in [7, 11) is 0. The van der Waals surface area contributed by atoms with Crippen molar-refractivity contribution in [1.29, 1.82) is 0 Å². The van der Waals surface area contributed by atoms with Gasteiger partial charge in [0.1, 0.15) is 12.0 Å². The van der Waals surface area contributed by atoms with E-state index >= 15 is 0 Å². The first-order valence-electron chi connectivity index (χ1n) is 6.79. The molecular formula is C15H21NO4. The van der Waals surface area contributed by atoms with Crippen LogP contribution in [0.3, 0.4) is 0 Å². The lowest BCUT2D eigenvalue weighted by molar-refractivity contribution is -0.149. The summed E-state index contributed by atoms with van der Waals surface area (Å²) in [5, 5.41) is 9.23. The molecule has 3 N–H and O–H groups in total. The number of rotatable bonds is 9. The number of carbonyl (C=O) groups is 2. The van der Waals surface area contributed by atoms with Gasteiger partial charge in [-0.1, -0.05) is 25.0 Å². The van der Waals surface area contributed by atoms with Gasteiger partial charge in [-0.15, -0.1) is 0 Å². The van der Waals surface area contributed by atoms with E-state index in [-0.39, 0.29) is 11.7 Å². The van der Waals surface area contributed by atoms with E-state index in [1.54, 1.807) is 24.3 Å². The molecule has 0 aliphatic rings. The molecule has 0 spiro atoms. The molecule has 0 aliphatic carbocycles. The predicted molar refractivity (Wildman–Crippen MR) is 74.7 cm³/mol. The molecule has 0 fully saturated rings. The van der Waals surface area contributed by atoms with Gasteiger partial charge in [-0.2, -0.15) is 5.90 Å². The standard InChI is InChI=1S/C15H21NO4/c16-20-15(19)13(5-3-1-2-4-10-17)11-12-6-8-14(18)9-7-12/h6-10,13,18H,1-5,11,16H2. The van der Waals surface area contributed by atoms with E-state index in [2.05, 4.69) is 4.84 Å². The number of aldehydes is 1. The first kappa shape index (κ1) is 16.2. The van der Waals surface area contributed by atoms with Crippen LogP contribution in [0, 0.1) is 5.92 Å². The molecule has 1 rings (SSSR count). The summed E-state index contributed by atoms with van der Waals surface area (Å²) in [6, 6.07) is 6.73. The quantitative estimate of drug-likeness (QED) is 0.410. The van der Waals surface area contributed by atoms with Crippen LogP contribution in [-0.4, -0.2) is 17.4 Å². The Morgan fingerprint density at radius 2 is 1.95 bits per heavy atom. The van der Waals surface area contributed by atoms with Gasteiger partial charge in [0.05, 0.1) is 5.92 Å². The largest absolute Gasteiger partial charge is 0.508 e. The van der Waals surface area contributed by atoms with Crippen molar-refractivity contribution in [3.63, 3.8) is 0 Å². The van der Waals surface area contributed by atoms with E-state index in [0.29, 0.717) is 19.3 Å². The van der Waals surface area contributed by atoms with E-state index in [4.69, 9.17) is 5.90 Å². The van der Waals surface area contributed by atoms with E-state index in [1.165, 1.54) is 0 Å². The number of aromatic hydroxyl groups is 1. The lowest BCUT2D eigenvalue weighted by Gasteiger charge is -2.14. The summed E-state index contributed by atoms with van der Waals surface area (Å²) in [4.78, 5) is 26.2. The molecule has 0 radical (unpaired) electrons. The Balaban J connectivity index is 2.49. The molecule has 1 aromatic rings. The minimum Gasteiger partial charge on any atom is -0.508 e. The molecule has 1 aromatic carbocycles. The fourth-order valence-electron chi connectivity index (χ4n) is 2.11. The molecule has 1 atom stereocenters. The zero-order valence-electron chi connectivity index (χ0n) is 11.5. The van der Waals surface area contributed by atoms with E-state index < -0.39 is 5.97 Å². The van der Waals surface area contributed by atoms with Crippen molar-refractivity contribution in [2.45, 2.75) is 38.5 Å². The first-order chi connectivity index (χ1) is 9.67. The highest BCUT2D eigenvalue weighted by molar-refractivity contribution is 5.72. The second kappa shape index (κ2) is 9.09. The van der Waals surface area contributed by atoms with Crippen molar-refractivity contribution in [1.82, 2.24) is 0 Å². The third-order valence-electron chi connectivity index (χ3n) is 3.24. The van der Waals surface area contributed by atoms with Crippen molar-refractivity contribution < 1.29 is 19.5 Å². The summed E-state index contributed by atoms with van der Waals surface area (Å²) in [6.07, 6.45) is 5.27. The van der Waals surface area contributed by atoms with Gasteiger partial charge in [-0.3, -0.25) is 4.79 Å². The van der Waals surface area contributed by atoms with Crippen molar-refractivity contribution in [2.75, 3.05) is 0 Å². The van der Waals surface area contributed by atoms with E-state index in [0.717, 1.165) is 31.1 Å². The summed E-state index contributed by atoms with van der Waals surface area (Å²) in [5.41, 5.74) is 0.950. The van der Waals surface area contributed by atoms with Crippen molar-refractivity contribution in [2.24, 2.45) is 11.8 Å². The Morgan fingerprint density at radius 3 is 2.55 bits per heavy atom. The number of phenolic OH excluding ortho intramolecular Hbond substituents is 1. The fourth-order valence-corrected chi connectivity index (χ4v) is 2.11. The lowest BCUT2D eigenvalue weighted by Crippen LogP contribution is -2.23. The highest BCUT2D eigenvalue weighted by atomic mass is 16.7. The van der Waals surface area contributed by atoms with Crippen LogP contribution in [0.25, 0.3) is 0 Å². The van der Waals surface area contributed by atoms with Gasteiger partial charge in [0.25, 0.3) is 0 Å². The molecule has 0 heterocycles. The maximum atomic E-state index is 11.7. The van der Waals surface area contributed by atoms with E-state index in [1.807, 2.05) is 0 Å². The normalized spacial score (nSPS) is 11.8. The van der Waals surface area contributed by atoms with Crippen LogP contribution in [0.5, 0.6) is 5.75 Å². The Labute approximate surface area is 118 Å². The number of carbonyl (C=O) groups excluding carboxylic acids is 2.